The van der Waals surface area contributed by atoms with Gasteiger partial charge in [-0.05, 0) is 71.4 Å². The fraction of sp³-hybridized carbons (Fsp3) is 0.200. The van der Waals surface area contributed by atoms with Crippen LogP contribution in [-0.2, 0) is 29.7 Å². The Balaban J connectivity index is 1.04. The number of benzene rings is 6. The lowest BCUT2D eigenvalue weighted by Crippen LogP contribution is -2.15. The lowest BCUT2D eigenvalue weighted by atomic mass is 10.1. The van der Waals surface area contributed by atoms with Crippen LogP contribution in [0.15, 0.2) is 115 Å². The normalized spacial score (nSPS) is 14.9. The molecule has 1 aliphatic heterocycles. The second-order valence-corrected chi connectivity index (χ2v) is 16.1. The molecule has 0 radical (unpaired) electrons. The first-order valence-electron chi connectivity index (χ1n) is 18.5. The molecule has 8 N–H and O–H groups in total. The summed E-state index contributed by atoms with van der Waals surface area (Å²) in [4.78, 5) is -1.31. The third kappa shape index (κ3) is 10.2. The second-order valence-electron chi connectivity index (χ2n) is 13.3. The number of hydrogen-bond acceptors (Lipinski definition) is 18. The molecule has 0 aliphatic carbocycles. The number of phenols is 2. The predicted molar refractivity (Wildman–Crippen MR) is 225 cm³/mol. The average molecular weight is 891 g/mol. The summed E-state index contributed by atoms with van der Waals surface area (Å²) >= 11 is 0. The number of azo groups is 2. The van der Waals surface area contributed by atoms with E-state index in [1.165, 1.54) is 60.7 Å². The summed E-state index contributed by atoms with van der Waals surface area (Å²) in [5.41, 5.74) is 11.7. The van der Waals surface area contributed by atoms with E-state index in [0.717, 1.165) is 12.1 Å². The highest BCUT2D eigenvalue weighted by molar-refractivity contribution is 7.86. The summed E-state index contributed by atoms with van der Waals surface area (Å²) in [5.74, 6) is 0.0249. The number of fused-ring (bicyclic) bond motifs is 4. The van der Waals surface area contributed by atoms with Gasteiger partial charge in [0.1, 0.15) is 47.6 Å². The van der Waals surface area contributed by atoms with Crippen LogP contribution in [0, 0.1) is 0 Å². The molecule has 20 nitrogen and oxygen atoms in total. The molecule has 7 rings (SSSR count). The zero-order valence-corrected chi connectivity index (χ0v) is 34.0. The van der Waals surface area contributed by atoms with Gasteiger partial charge >= 0.3 is 0 Å². The molecule has 0 spiro atoms. The maximum Gasteiger partial charge on any atom is 0.296 e. The molecule has 0 bridgehead atoms. The molecule has 0 fully saturated rings. The fourth-order valence-corrected chi connectivity index (χ4v) is 7.46. The fourth-order valence-electron chi connectivity index (χ4n) is 6.15. The number of nitrogens with two attached hydrogens (primary N) is 2. The van der Waals surface area contributed by atoms with E-state index in [2.05, 4.69) is 20.5 Å². The molecule has 6 aromatic rings. The Hall–Kier alpha value is -6.82. The van der Waals surface area contributed by atoms with Gasteiger partial charge in [0, 0.05) is 34.3 Å². The average Bonchev–Trinajstić information content (AvgIpc) is 3.22. The first-order chi connectivity index (χ1) is 29.7. The van der Waals surface area contributed by atoms with E-state index in [0.29, 0.717) is 33.6 Å². The van der Waals surface area contributed by atoms with E-state index in [9.17, 15) is 36.2 Å². The van der Waals surface area contributed by atoms with Crippen LogP contribution >= 0.6 is 0 Å². The quantitative estimate of drug-likeness (QED) is 0.0549. The molecule has 1 aliphatic rings. The Morgan fingerprint density at radius 3 is 1.19 bits per heavy atom. The lowest BCUT2D eigenvalue weighted by molar-refractivity contribution is 0.0640. The van der Waals surface area contributed by atoms with Crippen LogP contribution in [-0.4, -0.2) is 89.0 Å². The van der Waals surface area contributed by atoms with Gasteiger partial charge < -0.3 is 50.1 Å². The van der Waals surface area contributed by atoms with E-state index in [-0.39, 0.29) is 86.5 Å². The van der Waals surface area contributed by atoms with E-state index < -0.39 is 52.9 Å². The second kappa shape index (κ2) is 18.4. The van der Waals surface area contributed by atoms with Crippen LogP contribution in [0.3, 0.4) is 0 Å². The number of nitrogens with zero attached hydrogens (tertiary/aromatic N) is 4. The number of rotatable bonds is 6. The topological polar surface area (TPSA) is 306 Å². The molecule has 0 saturated carbocycles. The van der Waals surface area contributed by atoms with Gasteiger partial charge in [0.15, 0.2) is 34.5 Å². The summed E-state index contributed by atoms with van der Waals surface area (Å²) < 4.78 is 104. The van der Waals surface area contributed by atoms with Crippen molar-refractivity contribution in [2.45, 2.75) is 9.79 Å². The molecule has 0 aromatic heterocycles. The highest BCUT2D eigenvalue weighted by atomic mass is 32.2. The van der Waals surface area contributed by atoms with Crippen molar-refractivity contribution in [2.75, 3.05) is 64.3 Å². The van der Waals surface area contributed by atoms with E-state index >= 15 is 0 Å². The van der Waals surface area contributed by atoms with Gasteiger partial charge in [-0.1, -0.05) is 12.1 Å². The van der Waals surface area contributed by atoms with Crippen molar-refractivity contribution in [1.29, 1.82) is 0 Å². The molecule has 6 aromatic carbocycles. The maximum atomic E-state index is 12.2. The van der Waals surface area contributed by atoms with E-state index in [1.54, 1.807) is 12.1 Å². The van der Waals surface area contributed by atoms with Crippen molar-refractivity contribution in [3.8, 4) is 34.5 Å². The highest BCUT2D eigenvalue weighted by Gasteiger charge is 2.24. The van der Waals surface area contributed by atoms with Crippen LogP contribution in [0.1, 0.15) is 0 Å². The minimum absolute atomic E-state index is 0.0563. The molecule has 0 unspecified atom stereocenters. The minimum Gasteiger partial charge on any atom is -0.505 e. The third-order valence-electron chi connectivity index (χ3n) is 9.04. The number of anilines is 2. The Bertz CT molecular complexity index is 2750. The molecular formula is C40H38N6O14S2. The van der Waals surface area contributed by atoms with Crippen molar-refractivity contribution in [3.63, 3.8) is 0 Å². The van der Waals surface area contributed by atoms with Crippen molar-refractivity contribution < 1.29 is 64.6 Å². The summed E-state index contributed by atoms with van der Waals surface area (Å²) in [5, 5.41) is 39.1. The Kier molecular flexibility index (Phi) is 12.9. The van der Waals surface area contributed by atoms with Crippen LogP contribution in [0.25, 0.3) is 21.5 Å². The van der Waals surface area contributed by atoms with E-state index in [4.69, 9.17) is 39.9 Å². The molecular weight excluding hydrogens is 853 g/mol. The maximum absolute atomic E-state index is 12.2. The van der Waals surface area contributed by atoms with Crippen molar-refractivity contribution in [1.82, 2.24) is 0 Å². The third-order valence-corrected chi connectivity index (χ3v) is 10.8. The molecule has 0 saturated heterocycles. The highest BCUT2D eigenvalue weighted by Crippen LogP contribution is 2.44. The number of ether oxygens (including phenoxy) is 6. The Morgan fingerprint density at radius 1 is 0.452 bits per heavy atom. The summed E-state index contributed by atoms with van der Waals surface area (Å²) in [7, 11) is -9.65. The van der Waals surface area contributed by atoms with Gasteiger partial charge in [0.25, 0.3) is 20.2 Å². The molecule has 62 heavy (non-hydrogen) atoms. The van der Waals surface area contributed by atoms with Crippen LogP contribution in [0.4, 0.5) is 34.1 Å². The largest absolute Gasteiger partial charge is 0.505 e. The number of hydrogen-bond donors (Lipinski definition) is 6. The zero-order valence-electron chi connectivity index (χ0n) is 32.4. The van der Waals surface area contributed by atoms with Gasteiger partial charge in [-0.25, -0.2) is 0 Å². The van der Waals surface area contributed by atoms with Crippen LogP contribution in [0.2, 0.25) is 0 Å². The van der Waals surface area contributed by atoms with Crippen molar-refractivity contribution in [2.24, 2.45) is 20.5 Å². The van der Waals surface area contributed by atoms with Crippen molar-refractivity contribution in [3.05, 3.63) is 84.9 Å². The van der Waals surface area contributed by atoms with Gasteiger partial charge in [0.2, 0.25) is 0 Å². The van der Waals surface area contributed by atoms with Crippen LogP contribution < -0.4 is 30.4 Å². The van der Waals surface area contributed by atoms with Gasteiger partial charge in [-0.2, -0.15) is 27.1 Å². The monoisotopic (exact) mass is 890 g/mol. The smallest absolute Gasteiger partial charge is 0.296 e. The lowest BCUT2D eigenvalue weighted by Gasteiger charge is -2.16. The summed E-state index contributed by atoms with van der Waals surface area (Å²) in [6.45, 7) is 0.782. The van der Waals surface area contributed by atoms with E-state index in [1.807, 2.05) is 0 Å². The summed E-state index contributed by atoms with van der Waals surface area (Å²) in [6.07, 6.45) is 0. The Labute approximate surface area is 353 Å². The number of aromatic hydroxyl groups is 2. The predicted octanol–water partition coefficient (Wildman–Crippen LogP) is 7.16. The summed E-state index contributed by atoms with van der Waals surface area (Å²) in [6, 6.07) is 20.3. The molecule has 0 amide bonds. The first-order valence-corrected chi connectivity index (χ1v) is 21.4. The number of nitrogen functional groups attached to an aromatic ring is 2. The number of phenolic OH excluding ortho intramolecular Hbond substituents is 2. The minimum atomic E-state index is -4.82. The molecule has 22 heteroatoms. The van der Waals surface area contributed by atoms with Crippen LogP contribution in [0.5, 0.6) is 34.5 Å². The molecule has 0 atom stereocenters. The molecule has 1 heterocycles. The Morgan fingerprint density at radius 2 is 0.823 bits per heavy atom. The van der Waals surface area contributed by atoms with Gasteiger partial charge in [-0.15, -0.1) is 10.2 Å². The standard InChI is InChI=1S/C40H38N6O14S2/c41-25-3-1-23-17-35(61(49,50)51)37(39(47)29(23)19-25)45-43-27-5-7-31-33(21-27)59-15-11-55-10-14-58-32-8-6-28(22-34(32)60-16-12-56-9-13-57-31)44-46-38-36(62(52,53)54)18-24-2-4-26(42)20-30(24)40(38)48/h1-8,17-22,47-48H,9-16,41-42H2,(H,49,50,51)(H,52,53,54). The van der Waals surface area contributed by atoms with Gasteiger partial charge in [-0.3, -0.25) is 9.11 Å². The van der Waals surface area contributed by atoms with Crippen molar-refractivity contribution >= 4 is 75.9 Å². The van der Waals surface area contributed by atoms with Gasteiger partial charge in [0.05, 0.1) is 37.8 Å². The SMILES string of the molecule is Nc1ccc2cc(S(=O)(=O)O)c(N=Nc3ccc4c(c3)OCCOCCOc3ccc(N=Nc5c(S(=O)(=O)O)cc6ccc(N)cc6c5O)cc3OCCOCCO4)c(O)c2c1. The molecule has 324 valence electrons. The zero-order chi connectivity index (χ0) is 44.0. The first kappa shape index (κ1) is 43.3.